The second-order valence-electron chi connectivity index (χ2n) is 9.67. The molecule has 0 aromatic carbocycles. The van der Waals surface area contributed by atoms with Gasteiger partial charge in [0.2, 0.25) is 0 Å². The van der Waals surface area contributed by atoms with E-state index >= 15 is 0 Å². The molecule has 0 aromatic heterocycles. The summed E-state index contributed by atoms with van der Waals surface area (Å²) in [5.41, 5.74) is 3.75. The van der Waals surface area contributed by atoms with Crippen LogP contribution < -0.4 is 0 Å². The van der Waals surface area contributed by atoms with E-state index in [0.29, 0.717) is 10.8 Å². The van der Waals surface area contributed by atoms with E-state index in [4.69, 9.17) is 0 Å². The Kier molecular flexibility index (Phi) is 7.93. The SMILES string of the molecule is [CH3][Ge]([CH3])[CH]1C=CC(C(C)(C)C)=C1.[CH3][Ge]([CH3])[CH]1C=CC(C(C)(C)C)=C1. The minimum atomic E-state index is -0.743. The molecule has 2 radical (unpaired) electrons. The molecule has 0 N–H and O–H groups in total. The van der Waals surface area contributed by atoms with Crippen LogP contribution in [0.5, 0.6) is 0 Å². The van der Waals surface area contributed by atoms with E-state index in [2.05, 4.69) is 101 Å². The van der Waals surface area contributed by atoms with Crippen LogP contribution in [0.15, 0.2) is 47.6 Å². The second-order valence-corrected chi connectivity index (χ2v) is 21.5. The topological polar surface area (TPSA) is 0 Å². The summed E-state index contributed by atoms with van der Waals surface area (Å²) in [4.78, 5) is 0. The van der Waals surface area contributed by atoms with Crippen molar-refractivity contribution >= 4 is 28.7 Å². The molecule has 0 nitrogen and oxygen atoms in total. The first-order valence-corrected chi connectivity index (χ1v) is 20.0. The van der Waals surface area contributed by atoms with E-state index in [9.17, 15) is 0 Å². The Morgan fingerprint density at radius 3 is 1.04 bits per heavy atom. The predicted octanol–water partition coefficient (Wildman–Crippen LogP) is 7.31. The fourth-order valence-electron chi connectivity index (χ4n) is 2.74. The van der Waals surface area contributed by atoms with Crippen LogP contribution in [-0.4, -0.2) is 28.7 Å². The summed E-state index contributed by atoms with van der Waals surface area (Å²) in [6, 6.07) is 0. The standard InChI is InChI=1S/2C11H19Ge/c2*1-11(2,3)9-6-7-10(8-9)12(4)5/h2*6-8,10H,1-5H3. The summed E-state index contributed by atoms with van der Waals surface area (Å²) >= 11 is -1.49. The molecule has 0 amide bonds. The normalized spacial score (nSPS) is 23.5. The molecule has 0 aromatic rings. The number of allylic oxidation sites excluding steroid dienone is 8. The molecule has 134 valence electrons. The van der Waals surface area contributed by atoms with Crippen molar-refractivity contribution < 1.29 is 0 Å². The average Bonchev–Trinajstić information content (AvgIpc) is 3.08. The third-order valence-corrected chi connectivity index (χ3v) is 11.9. The van der Waals surface area contributed by atoms with E-state index in [0.717, 1.165) is 9.50 Å². The quantitative estimate of drug-likeness (QED) is 0.389. The molecule has 2 atom stereocenters. The van der Waals surface area contributed by atoms with E-state index in [-0.39, 0.29) is 0 Å². The minimum absolute atomic E-state index is 0.346. The summed E-state index contributed by atoms with van der Waals surface area (Å²) in [5.74, 6) is 9.77. The van der Waals surface area contributed by atoms with Crippen molar-refractivity contribution in [1.82, 2.24) is 0 Å². The predicted molar refractivity (Wildman–Crippen MR) is 116 cm³/mol. The molecule has 0 spiro atoms. The maximum atomic E-state index is 2.48. The van der Waals surface area contributed by atoms with Gasteiger partial charge >= 0.3 is 161 Å². The molecule has 2 rings (SSSR count). The van der Waals surface area contributed by atoms with Crippen LogP contribution >= 0.6 is 0 Å². The number of hydrogen-bond donors (Lipinski definition) is 0. The van der Waals surface area contributed by atoms with Crippen molar-refractivity contribution in [3.63, 3.8) is 0 Å². The Morgan fingerprint density at radius 2 is 0.917 bits per heavy atom. The van der Waals surface area contributed by atoms with Gasteiger partial charge in [0, 0.05) is 0 Å². The summed E-state index contributed by atoms with van der Waals surface area (Å²) in [5, 5.41) is 0. The van der Waals surface area contributed by atoms with Gasteiger partial charge in [-0.15, -0.1) is 0 Å². The summed E-state index contributed by atoms with van der Waals surface area (Å²) < 4.78 is 1.67. The van der Waals surface area contributed by atoms with Crippen LogP contribution in [0.4, 0.5) is 0 Å². The molecule has 2 aliphatic rings. The van der Waals surface area contributed by atoms with Crippen molar-refractivity contribution in [2.45, 2.75) is 74.1 Å². The first kappa shape index (κ1) is 22.1. The molecule has 24 heavy (non-hydrogen) atoms. The molecule has 2 heteroatoms. The molecule has 0 fully saturated rings. The van der Waals surface area contributed by atoms with Gasteiger partial charge in [0.05, 0.1) is 0 Å². The van der Waals surface area contributed by atoms with Gasteiger partial charge in [-0.2, -0.15) is 0 Å². The first-order chi connectivity index (χ1) is 10.8. The van der Waals surface area contributed by atoms with E-state index in [1.54, 1.807) is 0 Å². The zero-order valence-corrected chi connectivity index (χ0v) is 21.8. The van der Waals surface area contributed by atoms with Crippen LogP contribution in [0.3, 0.4) is 0 Å². The van der Waals surface area contributed by atoms with Gasteiger partial charge in [-0.25, -0.2) is 0 Å². The zero-order chi connectivity index (χ0) is 18.7. The number of rotatable bonds is 2. The van der Waals surface area contributed by atoms with E-state index < -0.39 is 28.7 Å². The van der Waals surface area contributed by atoms with Crippen LogP contribution in [0.1, 0.15) is 41.5 Å². The Morgan fingerprint density at radius 1 is 0.625 bits per heavy atom. The van der Waals surface area contributed by atoms with Crippen LogP contribution in [0.2, 0.25) is 32.5 Å². The van der Waals surface area contributed by atoms with Crippen molar-refractivity contribution in [2.75, 3.05) is 0 Å². The van der Waals surface area contributed by atoms with Gasteiger partial charge in [-0.3, -0.25) is 0 Å². The Balaban J connectivity index is 0.000000240. The van der Waals surface area contributed by atoms with E-state index in [1.807, 2.05) is 0 Å². The van der Waals surface area contributed by atoms with E-state index in [1.165, 1.54) is 11.1 Å². The van der Waals surface area contributed by atoms with Crippen LogP contribution in [0, 0.1) is 10.8 Å². The average molecular weight is 448 g/mol. The van der Waals surface area contributed by atoms with Gasteiger partial charge in [0.1, 0.15) is 0 Å². The maximum absolute atomic E-state index is 2.48. The monoisotopic (exact) mass is 450 g/mol. The van der Waals surface area contributed by atoms with Gasteiger partial charge in [0.25, 0.3) is 0 Å². The Hall–Kier alpha value is 0.0457. The third-order valence-electron chi connectivity index (χ3n) is 4.75. The molecule has 0 saturated heterocycles. The fraction of sp³-hybridized carbons (Fsp3) is 0.636. The summed E-state index contributed by atoms with van der Waals surface area (Å²) in [6.07, 6.45) is 14.4. The van der Waals surface area contributed by atoms with Gasteiger partial charge in [-0.1, -0.05) is 0 Å². The van der Waals surface area contributed by atoms with Crippen LogP contribution in [0.25, 0.3) is 0 Å². The third kappa shape index (κ3) is 6.75. The molecule has 2 unspecified atom stereocenters. The molecule has 0 bridgehead atoms. The first-order valence-electron chi connectivity index (χ1n) is 9.23. The summed E-state index contributed by atoms with van der Waals surface area (Å²) in [6.45, 7) is 13.7. The number of hydrogen-bond acceptors (Lipinski definition) is 0. The fourth-order valence-corrected chi connectivity index (χ4v) is 6.91. The molecule has 2 aliphatic carbocycles. The van der Waals surface area contributed by atoms with Crippen molar-refractivity contribution in [3.8, 4) is 0 Å². The van der Waals surface area contributed by atoms with Crippen molar-refractivity contribution in [2.24, 2.45) is 10.8 Å². The van der Waals surface area contributed by atoms with Crippen molar-refractivity contribution in [3.05, 3.63) is 47.6 Å². The molecular weight excluding hydrogens is 409 g/mol. The summed E-state index contributed by atoms with van der Waals surface area (Å²) in [7, 11) is 0. The van der Waals surface area contributed by atoms with Gasteiger partial charge < -0.3 is 0 Å². The van der Waals surface area contributed by atoms with Crippen molar-refractivity contribution in [1.29, 1.82) is 0 Å². The molecule has 0 heterocycles. The molecule has 0 aliphatic heterocycles. The zero-order valence-electron chi connectivity index (χ0n) is 17.6. The Bertz CT molecular complexity index is 481. The van der Waals surface area contributed by atoms with Gasteiger partial charge in [-0.05, 0) is 0 Å². The second kappa shape index (κ2) is 8.62. The Labute approximate surface area is 160 Å². The molecule has 0 saturated carbocycles. The molecular formula is C22H38Ge2. The van der Waals surface area contributed by atoms with Gasteiger partial charge in [0.15, 0.2) is 0 Å². The van der Waals surface area contributed by atoms with Crippen LogP contribution in [-0.2, 0) is 0 Å².